The molecule has 1 fully saturated rings. The van der Waals surface area contributed by atoms with E-state index in [0.29, 0.717) is 18.1 Å². The molecule has 1 heterocycles. The number of halogens is 1. The maximum Gasteiger partial charge on any atom is 0.335 e. The molecule has 1 aliphatic rings. The minimum absolute atomic E-state index is 0.0398. The number of carboxylic acid groups (broad SMARTS) is 1. The van der Waals surface area contributed by atoms with Gasteiger partial charge in [0.15, 0.2) is 0 Å². The molecule has 0 spiro atoms. The Morgan fingerprint density at radius 3 is 2.35 bits per heavy atom. The lowest BCUT2D eigenvalue weighted by molar-refractivity contribution is -0.145. The summed E-state index contributed by atoms with van der Waals surface area (Å²) in [5, 5.41) is 9.66. The van der Waals surface area contributed by atoms with Crippen LogP contribution in [0.15, 0.2) is 48.5 Å². The zero-order chi connectivity index (χ0) is 18.7. The summed E-state index contributed by atoms with van der Waals surface area (Å²) in [7, 11) is 1.41. The fourth-order valence-corrected chi connectivity index (χ4v) is 3.59. The van der Waals surface area contributed by atoms with Crippen molar-refractivity contribution in [3.63, 3.8) is 0 Å². The van der Waals surface area contributed by atoms with Gasteiger partial charge >= 0.3 is 11.9 Å². The van der Waals surface area contributed by atoms with E-state index < -0.39 is 5.97 Å². The number of carboxylic acids is 1. The van der Waals surface area contributed by atoms with Gasteiger partial charge in [0.2, 0.25) is 0 Å². The van der Waals surface area contributed by atoms with Crippen molar-refractivity contribution in [3.8, 4) is 0 Å². The lowest BCUT2D eigenvalue weighted by Gasteiger charge is -2.17. The van der Waals surface area contributed by atoms with Gasteiger partial charge < -0.3 is 9.84 Å². The van der Waals surface area contributed by atoms with Crippen LogP contribution >= 0.6 is 11.6 Å². The molecule has 26 heavy (non-hydrogen) atoms. The van der Waals surface area contributed by atoms with Gasteiger partial charge in [0.25, 0.3) is 0 Å². The first-order valence-electron chi connectivity index (χ1n) is 8.36. The molecular weight excluding hydrogens is 354 g/mol. The molecule has 2 atom stereocenters. The SMILES string of the molecule is COC(=O)[C@@H]1CN(Cc2ccc(C(=O)O)cc2)C[C@H]1c1ccc(Cl)cc1. The first-order chi connectivity index (χ1) is 12.5. The molecule has 1 aliphatic heterocycles. The number of benzene rings is 2. The average molecular weight is 374 g/mol. The van der Waals surface area contributed by atoms with Gasteiger partial charge in [-0.2, -0.15) is 0 Å². The molecule has 1 N–H and O–H groups in total. The van der Waals surface area contributed by atoms with E-state index in [4.69, 9.17) is 21.4 Å². The van der Waals surface area contributed by atoms with Crippen molar-refractivity contribution >= 4 is 23.5 Å². The number of carbonyl (C=O) groups is 2. The summed E-state index contributed by atoms with van der Waals surface area (Å²) in [6.07, 6.45) is 0. The summed E-state index contributed by atoms with van der Waals surface area (Å²) in [4.78, 5) is 25.4. The highest BCUT2D eigenvalue weighted by Crippen LogP contribution is 2.34. The highest BCUT2D eigenvalue weighted by molar-refractivity contribution is 6.30. The number of hydrogen-bond acceptors (Lipinski definition) is 4. The molecule has 0 aliphatic carbocycles. The van der Waals surface area contributed by atoms with Crippen LogP contribution in [0.4, 0.5) is 0 Å². The van der Waals surface area contributed by atoms with Crippen LogP contribution in [0.5, 0.6) is 0 Å². The minimum atomic E-state index is -0.939. The standard InChI is InChI=1S/C20H20ClNO4/c1-26-20(25)18-12-22(10-13-2-4-15(5-3-13)19(23)24)11-17(18)14-6-8-16(21)9-7-14/h2-9,17-18H,10-12H2,1H3,(H,23,24)/t17-,18+/m0/s1. The number of carbonyl (C=O) groups excluding carboxylic acids is 1. The summed E-state index contributed by atoms with van der Waals surface area (Å²) in [6.45, 7) is 1.97. The highest BCUT2D eigenvalue weighted by atomic mass is 35.5. The van der Waals surface area contributed by atoms with Gasteiger partial charge in [-0.1, -0.05) is 35.9 Å². The molecule has 2 aromatic carbocycles. The third-order valence-corrected chi connectivity index (χ3v) is 5.06. The summed E-state index contributed by atoms with van der Waals surface area (Å²) in [5.41, 5.74) is 2.34. The molecule has 6 heteroatoms. The van der Waals surface area contributed by atoms with Crippen molar-refractivity contribution in [2.24, 2.45) is 5.92 Å². The van der Waals surface area contributed by atoms with Gasteiger partial charge in [0.1, 0.15) is 0 Å². The maximum absolute atomic E-state index is 12.2. The summed E-state index contributed by atoms with van der Waals surface area (Å²) in [6, 6.07) is 14.4. The molecule has 0 radical (unpaired) electrons. The Kier molecular flexibility index (Phi) is 5.59. The monoisotopic (exact) mass is 373 g/mol. The molecule has 2 aromatic rings. The van der Waals surface area contributed by atoms with E-state index in [-0.39, 0.29) is 23.4 Å². The van der Waals surface area contributed by atoms with Crippen LogP contribution in [0.2, 0.25) is 5.02 Å². The number of esters is 1. The van der Waals surface area contributed by atoms with Gasteiger partial charge in [-0.15, -0.1) is 0 Å². The number of ether oxygens (including phenoxy) is 1. The molecule has 0 amide bonds. The second kappa shape index (κ2) is 7.89. The Morgan fingerprint density at radius 2 is 1.77 bits per heavy atom. The molecule has 136 valence electrons. The normalized spacial score (nSPS) is 20.1. The number of nitrogens with zero attached hydrogens (tertiary/aromatic N) is 1. The lowest BCUT2D eigenvalue weighted by atomic mass is 9.89. The second-order valence-electron chi connectivity index (χ2n) is 6.48. The molecule has 5 nitrogen and oxygen atoms in total. The third-order valence-electron chi connectivity index (χ3n) is 4.80. The van der Waals surface area contributed by atoms with E-state index in [1.807, 2.05) is 36.4 Å². The van der Waals surface area contributed by atoms with Crippen LogP contribution in [0.3, 0.4) is 0 Å². The Bertz CT molecular complexity index is 788. The molecule has 0 aromatic heterocycles. The first-order valence-corrected chi connectivity index (χ1v) is 8.73. The van der Waals surface area contributed by atoms with Gasteiger partial charge in [0.05, 0.1) is 18.6 Å². The molecule has 1 saturated heterocycles. The average Bonchev–Trinajstić information content (AvgIpc) is 3.06. The smallest absolute Gasteiger partial charge is 0.335 e. The number of hydrogen-bond donors (Lipinski definition) is 1. The summed E-state index contributed by atoms with van der Waals surface area (Å²) in [5.74, 6) is -1.35. The quantitative estimate of drug-likeness (QED) is 0.813. The van der Waals surface area contributed by atoms with E-state index in [0.717, 1.165) is 17.7 Å². The van der Waals surface area contributed by atoms with E-state index >= 15 is 0 Å². The van der Waals surface area contributed by atoms with Gasteiger partial charge in [-0.05, 0) is 35.4 Å². The number of likely N-dealkylation sites (tertiary alicyclic amines) is 1. The van der Waals surface area contributed by atoms with Crippen molar-refractivity contribution in [2.75, 3.05) is 20.2 Å². The van der Waals surface area contributed by atoms with Crippen LogP contribution in [0, 0.1) is 5.92 Å². The maximum atomic E-state index is 12.2. The zero-order valence-electron chi connectivity index (χ0n) is 14.4. The number of rotatable bonds is 5. The largest absolute Gasteiger partial charge is 0.478 e. The Balaban J connectivity index is 1.76. The predicted octanol–water partition coefficient (Wildman–Crippen LogP) is 3.43. The fraction of sp³-hybridized carbons (Fsp3) is 0.300. The zero-order valence-corrected chi connectivity index (χ0v) is 15.1. The van der Waals surface area contributed by atoms with Crippen LogP contribution < -0.4 is 0 Å². The number of aromatic carboxylic acids is 1. The topological polar surface area (TPSA) is 66.8 Å². The Hall–Kier alpha value is -2.37. The van der Waals surface area contributed by atoms with Crippen LogP contribution in [0.25, 0.3) is 0 Å². The van der Waals surface area contributed by atoms with E-state index in [1.165, 1.54) is 7.11 Å². The third kappa shape index (κ3) is 4.06. The van der Waals surface area contributed by atoms with Gasteiger partial charge in [-0.25, -0.2) is 4.79 Å². The van der Waals surface area contributed by atoms with Crippen molar-refractivity contribution < 1.29 is 19.4 Å². The van der Waals surface area contributed by atoms with Crippen molar-refractivity contribution in [3.05, 3.63) is 70.2 Å². The Labute approximate surface area is 157 Å². The van der Waals surface area contributed by atoms with Crippen LogP contribution in [-0.4, -0.2) is 42.1 Å². The van der Waals surface area contributed by atoms with Gasteiger partial charge in [-0.3, -0.25) is 9.69 Å². The van der Waals surface area contributed by atoms with E-state index in [2.05, 4.69) is 4.90 Å². The second-order valence-corrected chi connectivity index (χ2v) is 6.92. The highest BCUT2D eigenvalue weighted by Gasteiger charge is 2.39. The van der Waals surface area contributed by atoms with Crippen LogP contribution in [0.1, 0.15) is 27.4 Å². The molecular formula is C20H20ClNO4. The lowest BCUT2D eigenvalue weighted by Crippen LogP contribution is -2.24. The van der Waals surface area contributed by atoms with Crippen molar-refractivity contribution in [2.45, 2.75) is 12.5 Å². The van der Waals surface area contributed by atoms with E-state index in [1.54, 1.807) is 12.1 Å². The summed E-state index contributed by atoms with van der Waals surface area (Å²) < 4.78 is 4.99. The van der Waals surface area contributed by atoms with Gasteiger partial charge in [0, 0.05) is 30.6 Å². The Morgan fingerprint density at radius 1 is 1.12 bits per heavy atom. The molecule has 0 saturated carbocycles. The molecule has 0 bridgehead atoms. The summed E-state index contributed by atoms with van der Waals surface area (Å²) >= 11 is 5.97. The molecule has 3 rings (SSSR count). The minimum Gasteiger partial charge on any atom is -0.478 e. The first kappa shape index (κ1) is 18.4. The van der Waals surface area contributed by atoms with Crippen molar-refractivity contribution in [1.29, 1.82) is 0 Å². The molecule has 0 unspecified atom stereocenters. The number of methoxy groups -OCH3 is 1. The predicted molar refractivity (Wildman–Crippen MR) is 98.4 cm³/mol. The van der Waals surface area contributed by atoms with Crippen molar-refractivity contribution in [1.82, 2.24) is 4.90 Å². The van der Waals surface area contributed by atoms with Crippen LogP contribution in [-0.2, 0) is 16.1 Å². The fourth-order valence-electron chi connectivity index (χ4n) is 3.46. The van der Waals surface area contributed by atoms with E-state index in [9.17, 15) is 9.59 Å².